The Labute approximate surface area is 285 Å². The lowest BCUT2D eigenvalue weighted by atomic mass is 9.87. The fraction of sp³-hybridized carbons (Fsp3) is 0.297. The standard InChI is InChI=1S/C37H28F10N2O2/c1-20-48-29-15-5-21(18-27(29)32(2,50-20)36(42,43)44)17-22-6-16-30-28(19-22)33(3,37(45,46)47)51-31(49-30)35(40,41)26-13-9-24(10-14-26)23-7-11-25(12-8-23)34(4,38)39/h5-16,18-19H,17H2,1-4H3. The van der Waals surface area contributed by atoms with E-state index in [0.717, 1.165) is 38.1 Å². The molecule has 0 saturated heterocycles. The summed E-state index contributed by atoms with van der Waals surface area (Å²) in [4.78, 5) is 7.83. The third-order valence-electron chi connectivity index (χ3n) is 9.03. The predicted molar refractivity (Wildman–Crippen MR) is 170 cm³/mol. The van der Waals surface area contributed by atoms with Crippen molar-refractivity contribution in [1.29, 1.82) is 0 Å². The van der Waals surface area contributed by atoms with Gasteiger partial charge in [-0.2, -0.15) is 35.1 Å². The Balaban J connectivity index is 1.32. The summed E-state index contributed by atoms with van der Waals surface area (Å²) in [5.74, 6) is -8.90. The van der Waals surface area contributed by atoms with Crippen LogP contribution in [-0.4, -0.2) is 24.1 Å². The van der Waals surface area contributed by atoms with Crippen molar-refractivity contribution in [2.45, 2.75) is 69.5 Å². The molecule has 2 aliphatic heterocycles. The second-order valence-electron chi connectivity index (χ2n) is 12.8. The van der Waals surface area contributed by atoms with Crippen LogP contribution in [0.4, 0.5) is 55.3 Å². The zero-order valence-corrected chi connectivity index (χ0v) is 27.3. The molecule has 0 spiro atoms. The minimum Gasteiger partial charge on any atom is -0.460 e. The first-order valence-corrected chi connectivity index (χ1v) is 15.4. The van der Waals surface area contributed by atoms with Crippen LogP contribution in [0, 0.1) is 0 Å². The molecule has 51 heavy (non-hydrogen) atoms. The molecule has 0 radical (unpaired) electrons. The molecule has 4 nitrogen and oxygen atoms in total. The van der Waals surface area contributed by atoms with Crippen molar-refractivity contribution in [3.63, 3.8) is 0 Å². The van der Waals surface area contributed by atoms with Crippen LogP contribution in [0.2, 0.25) is 0 Å². The molecule has 0 saturated carbocycles. The second kappa shape index (κ2) is 11.8. The van der Waals surface area contributed by atoms with Crippen LogP contribution in [0.1, 0.15) is 61.1 Å². The molecule has 2 heterocycles. The highest BCUT2D eigenvalue weighted by Crippen LogP contribution is 2.52. The first-order chi connectivity index (χ1) is 23.5. The molecule has 2 aliphatic rings. The van der Waals surface area contributed by atoms with E-state index in [1.807, 2.05) is 0 Å². The van der Waals surface area contributed by atoms with E-state index >= 15 is 8.78 Å². The molecule has 4 aromatic carbocycles. The molecule has 0 aromatic heterocycles. The van der Waals surface area contributed by atoms with E-state index in [1.165, 1.54) is 67.6 Å². The minimum atomic E-state index is -5.21. The van der Waals surface area contributed by atoms with Gasteiger partial charge in [0, 0.05) is 36.1 Å². The summed E-state index contributed by atoms with van der Waals surface area (Å²) in [6.07, 6.45) is -10.2. The van der Waals surface area contributed by atoms with E-state index in [-0.39, 0.29) is 34.7 Å². The number of alkyl halides is 10. The summed E-state index contributed by atoms with van der Waals surface area (Å²) in [6.45, 7) is 3.47. The number of hydrogen-bond acceptors (Lipinski definition) is 4. The van der Waals surface area contributed by atoms with Crippen molar-refractivity contribution >= 4 is 23.2 Å². The van der Waals surface area contributed by atoms with Crippen molar-refractivity contribution in [2.24, 2.45) is 9.98 Å². The Bertz CT molecular complexity index is 2050. The van der Waals surface area contributed by atoms with E-state index in [9.17, 15) is 35.1 Å². The highest BCUT2D eigenvalue weighted by molar-refractivity contribution is 5.90. The number of benzene rings is 4. The van der Waals surface area contributed by atoms with Gasteiger partial charge in [0.15, 0.2) is 5.90 Å². The summed E-state index contributed by atoms with van der Waals surface area (Å²) in [7, 11) is 0. The maximum absolute atomic E-state index is 15.9. The SMILES string of the molecule is CC1=Nc2ccc(Cc3ccc4c(c3)C(C)(C(F)(F)F)OC(C(F)(F)c3ccc(-c5ccc(C(C)(F)F)cc5)cc3)=N4)cc2C(C)(C(F)(F)F)O1. The fourth-order valence-corrected chi connectivity index (χ4v) is 6.01. The van der Waals surface area contributed by atoms with Crippen molar-refractivity contribution in [2.75, 3.05) is 0 Å². The Morgan fingerprint density at radius 1 is 0.569 bits per heavy atom. The average Bonchev–Trinajstić information content (AvgIpc) is 3.04. The Morgan fingerprint density at radius 3 is 1.45 bits per heavy atom. The van der Waals surface area contributed by atoms with Crippen LogP contribution in [-0.2, 0) is 38.9 Å². The maximum Gasteiger partial charge on any atom is 0.432 e. The predicted octanol–water partition coefficient (Wildman–Crippen LogP) is 11.5. The maximum atomic E-state index is 15.9. The molecular formula is C37H28F10N2O2. The Morgan fingerprint density at radius 2 is 1.00 bits per heavy atom. The topological polar surface area (TPSA) is 43.2 Å². The van der Waals surface area contributed by atoms with Gasteiger partial charge in [-0.1, -0.05) is 60.7 Å². The summed E-state index contributed by atoms with van der Waals surface area (Å²) >= 11 is 0. The van der Waals surface area contributed by atoms with E-state index in [0.29, 0.717) is 23.6 Å². The number of fused-ring (bicyclic) bond motifs is 2. The Kier molecular flexibility index (Phi) is 8.34. The number of hydrogen-bond donors (Lipinski definition) is 0. The van der Waals surface area contributed by atoms with Gasteiger partial charge < -0.3 is 9.47 Å². The molecular weight excluding hydrogens is 694 g/mol. The number of ether oxygens (including phenoxy) is 2. The van der Waals surface area contributed by atoms with Crippen molar-refractivity contribution in [3.05, 3.63) is 118 Å². The first kappa shape index (κ1) is 35.9. The van der Waals surface area contributed by atoms with Crippen molar-refractivity contribution in [1.82, 2.24) is 0 Å². The third kappa shape index (κ3) is 6.33. The van der Waals surface area contributed by atoms with Crippen LogP contribution in [0.25, 0.3) is 11.1 Å². The van der Waals surface area contributed by atoms with Gasteiger partial charge in [0.05, 0.1) is 11.4 Å². The minimum absolute atomic E-state index is 0.0289. The zero-order chi connectivity index (χ0) is 37.4. The Hall–Kier alpha value is -4.88. The van der Waals surface area contributed by atoms with E-state index < -0.39 is 58.1 Å². The number of halogens is 10. The summed E-state index contributed by atoms with van der Waals surface area (Å²) in [5, 5.41) is 0. The summed E-state index contributed by atoms with van der Waals surface area (Å²) < 4.78 is 155. The molecule has 6 rings (SSSR count). The number of rotatable bonds is 6. The first-order valence-electron chi connectivity index (χ1n) is 15.4. The highest BCUT2D eigenvalue weighted by atomic mass is 19.4. The molecule has 0 N–H and O–H groups in total. The van der Waals surface area contributed by atoms with Gasteiger partial charge >= 0.3 is 18.3 Å². The molecule has 4 aromatic rings. The number of nitrogens with zero attached hydrogens (tertiary/aromatic N) is 2. The van der Waals surface area contributed by atoms with E-state index in [4.69, 9.17) is 9.47 Å². The lowest BCUT2D eigenvalue weighted by Crippen LogP contribution is -2.48. The van der Waals surface area contributed by atoms with Gasteiger partial charge in [0.2, 0.25) is 11.2 Å². The van der Waals surface area contributed by atoms with Crippen molar-refractivity contribution in [3.8, 4) is 11.1 Å². The smallest absolute Gasteiger partial charge is 0.432 e. The zero-order valence-electron chi connectivity index (χ0n) is 27.3. The van der Waals surface area contributed by atoms with Gasteiger partial charge in [0.25, 0.3) is 11.8 Å². The van der Waals surface area contributed by atoms with E-state index in [1.54, 1.807) is 0 Å². The van der Waals surface area contributed by atoms with Crippen molar-refractivity contribution < 1.29 is 53.4 Å². The third-order valence-corrected chi connectivity index (χ3v) is 9.03. The number of aliphatic imine (C=N–C) groups is 2. The van der Waals surface area contributed by atoms with Crippen LogP contribution in [0.5, 0.6) is 0 Å². The molecule has 2 atom stereocenters. The molecule has 0 fully saturated rings. The average molecular weight is 723 g/mol. The lowest BCUT2D eigenvalue weighted by molar-refractivity contribution is -0.257. The molecule has 268 valence electrons. The molecule has 0 amide bonds. The van der Waals surface area contributed by atoms with E-state index in [2.05, 4.69) is 9.98 Å². The lowest BCUT2D eigenvalue weighted by Gasteiger charge is -2.38. The van der Waals surface area contributed by atoms with Crippen LogP contribution in [0.3, 0.4) is 0 Å². The fourth-order valence-electron chi connectivity index (χ4n) is 6.01. The molecule has 0 aliphatic carbocycles. The molecule has 2 unspecified atom stereocenters. The van der Waals surface area contributed by atoms with Crippen LogP contribution < -0.4 is 0 Å². The highest BCUT2D eigenvalue weighted by Gasteiger charge is 2.61. The largest absolute Gasteiger partial charge is 0.460 e. The molecule has 14 heteroatoms. The molecule has 0 bridgehead atoms. The van der Waals surface area contributed by atoms with Crippen LogP contribution >= 0.6 is 0 Å². The summed E-state index contributed by atoms with van der Waals surface area (Å²) in [5.41, 5.74) is -6.87. The second-order valence-corrected chi connectivity index (χ2v) is 12.8. The van der Waals surface area contributed by atoms with Gasteiger partial charge in [-0.05, 0) is 66.8 Å². The van der Waals surface area contributed by atoms with Gasteiger partial charge in [0.1, 0.15) is 0 Å². The van der Waals surface area contributed by atoms with Gasteiger partial charge in [-0.15, -0.1) is 0 Å². The monoisotopic (exact) mass is 722 g/mol. The normalized spacial score (nSPS) is 20.7. The van der Waals surface area contributed by atoms with Gasteiger partial charge in [-0.25, -0.2) is 18.8 Å². The van der Waals surface area contributed by atoms with Crippen LogP contribution in [0.15, 0.2) is 94.9 Å². The quantitative estimate of drug-likeness (QED) is 0.186. The summed E-state index contributed by atoms with van der Waals surface area (Å²) in [6, 6.07) is 17.3. The van der Waals surface area contributed by atoms with Gasteiger partial charge in [-0.3, -0.25) is 0 Å².